The van der Waals surface area contributed by atoms with Crippen molar-refractivity contribution in [1.29, 1.82) is 0 Å². The number of rotatable bonds is 3. The minimum Gasteiger partial charge on any atom is -0.0916 e. The molecule has 0 amide bonds. The van der Waals surface area contributed by atoms with E-state index >= 15 is 0 Å². The molecule has 0 heteroatoms. The lowest BCUT2D eigenvalue weighted by molar-refractivity contribution is 0.780. The normalized spacial score (nSPS) is 13.5. The summed E-state index contributed by atoms with van der Waals surface area (Å²) < 4.78 is 0. The summed E-state index contributed by atoms with van der Waals surface area (Å²) in [5.41, 5.74) is 1.43. The monoisotopic (exact) mass is 160 g/mol. The molecule has 0 fully saturated rings. The Morgan fingerprint density at radius 3 is 2.50 bits per heavy atom. The first-order chi connectivity index (χ1) is 5.84. The van der Waals surface area contributed by atoms with E-state index in [9.17, 15) is 0 Å². The van der Waals surface area contributed by atoms with Gasteiger partial charge in [0.1, 0.15) is 0 Å². The molecule has 12 heavy (non-hydrogen) atoms. The van der Waals surface area contributed by atoms with Crippen LogP contribution < -0.4 is 0 Å². The van der Waals surface area contributed by atoms with Crippen molar-refractivity contribution in [3.8, 4) is 0 Å². The van der Waals surface area contributed by atoms with Crippen molar-refractivity contribution in [2.45, 2.75) is 26.2 Å². The van der Waals surface area contributed by atoms with Gasteiger partial charge in [0.25, 0.3) is 0 Å². The van der Waals surface area contributed by atoms with Gasteiger partial charge in [-0.05, 0) is 24.8 Å². The third-order valence-corrected chi connectivity index (χ3v) is 2.09. The Morgan fingerprint density at radius 2 is 1.92 bits per heavy atom. The quantitative estimate of drug-likeness (QED) is 0.591. The Kier molecular flexibility index (Phi) is 3.59. The van der Waals surface area contributed by atoms with Crippen LogP contribution >= 0.6 is 0 Å². The molecule has 0 spiro atoms. The van der Waals surface area contributed by atoms with Crippen molar-refractivity contribution in [3.63, 3.8) is 0 Å². The van der Waals surface area contributed by atoms with Gasteiger partial charge in [0.2, 0.25) is 0 Å². The highest BCUT2D eigenvalue weighted by Crippen LogP contribution is 2.18. The molecule has 0 bridgehead atoms. The Balaban J connectivity index is 2.59. The van der Waals surface area contributed by atoms with E-state index in [-0.39, 0.29) is 0 Å². The van der Waals surface area contributed by atoms with Crippen LogP contribution in [0.25, 0.3) is 0 Å². The van der Waals surface area contributed by atoms with Crippen LogP contribution in [0.4, 0.5) is 0 Å². The van der Waals surface area contributed by atoms with Gasteiger partial charge >= 0.3 is 0 Å². The molecule has 1 aromatic rings. The van der Waals surface area contributed by atoms with Crippen LogP contribution in [0, 0.1) is 0 Å². The predicted octanol–water partition coefficient (Wildman–Crippen LogP) is 3.76. The Hall–Kier alpha value is -1.04. The smallest absolute Gasteiger partial charge is 0.0156 e. The van der Waals surface area contributed by atoms with E-state index in [1.807, 2.05) is 0 Å². The van der Waals surface area contributed by atoms with E-state index in [1.165, 1.54) is 5.56 Å². The predicted molar refractivity (Wildman–Crippen MR) is 54.3 cm³/mol. The molecule has 0 saturated heterocycles. The summed E-state index contributed by atoms with van der Waals surface area (Å²) in [6, 6.07) is 10.6. The average Bonchev–Trinajstić information content (AvgIpc) is 2.15. The average molecular weight is 160 g/mol. The summed E-state index contributed by atoms with van der Waals surface area (Å²) in [6.07, 6.45) is 5.47. The van der Waals surface area contributed by atoms with Crippen molar-refractivity contribution < 1.29 is 0 Å². The maximum absolute atomic E-state index is 2.26. The molecule has 0 nitrogen and oxygen atoms in total. The molecular weight excluding hydrogens is 144 g/mol. The molecule has 0 heterocycles. The van der Waals surface area contributed by atoms with Crippen molar-refractivity contribution in [3.05, 3.63) is 48.0 Å². The molecule has 0 radical (unpaired) electrons. The third-order valence-electron chi connectivity index (χ3n) is 2.09. The fourth-order valence-corrected chi connectivity index (χ4v) is 1.26. The van der Waals surface area contributed by atoms with Crippen LogP contribution in [-0.2, 0) is 0 Å². The van der Waals surface area contributed by atoms with Gasteiger partial charge < -0.3 is 0 Å². The van der Waals surface area contributed by atoms with Crippen LogP contribution in [0.1, 0.15) is 31.7 Å². The van der Waals surface area contributed by atoms with Gasteiger partial charge in [0, 0.05) is 0 Å². The van der Waals surface area contributed by atoms with E-state index in [2.05, 4.69) is 56.3 Å². The second-order valence-electron chi connectivity index (χ2n) is 3.12. The van der Waals surface area contributed by atoms with Crippen molar-refractivity contribution in [2.75, 3.05) is 0 Å². The van der Waals surface area contributed by atoms with Gasteiger partial charge in [-0.3, -0.25) is 0 Å². The number of benzene rings is 1. The first-order valence-electron chi connectivity index (χ1n) is 4.50. The summed E-state index contributed by atoms with van der Waals surface area (Å²) in [4.78, 5) is 0. The summed E-state index contributed by atoms with van der Waals surface area (Å²) in [5.74, 6) is 0.641. The molecule has 1 unspecified atom stereocenters. The molecule has 64 valence electrons. The maximum atomic E-state index is 2.26. The van der Waals surface area contributed by atoms with E-state index in [4.69, 9.17) is 0 Å². The minimum absolute atomic E-state index is 0.641. The van der Waals surface area contributed by atoms with Crippen LogP contribution in [0.5, 0.6) is 0 Å². The van der Waals surface area contributed by atoms with Gasteiger partial charge in [-0.25, -0.2) is 0 Å². The molecule has 1 rings (SSSR count). The van der Waals surface area contributed by atoms with E-state index in [1.54, 1.807) is 0 Å². The van der Waals surface area contributed by atoms with Gasteiger partial charge in [-0.1, -0.05) is 49.4 Å². The maximum Gasteiger partial charge on any atom is -0.0156 e. The molecule has 0 N–H and O–H groups in total. The highest BCUT2D eigenvalue weighted by Gasteiger charge is 2.00. The van der Waals surface area contributed by atoms with Crippen LogP contribution in [0.15, 0.2) is 42.5 Å². The van der Waals surface area contributed by atoms with E-state index < -0.39 is 0 Å². The summed E-state index contributed by atoms with van der Waals surface area (Å²) in [5, 5.41) is 0. The van der Waals surface area contributed by atoms with Crippen LogP contribution in [0.2, 0.25) is 0 Å². The lowest BCUT2D eigenvalue weighted by Crippen LogP contribution is -1.89. The summed E-state index contributed by atoms with van der Waals surface area (Å²) >= 11 is 0. The van der Waals surface area contributed by atoms with Crippen LogP contribution in [0.3, 0.4) is 0 Å². The zero-order chi connectivity index (χ0) is 8.81. The number of hydrogen-bond acceptors (Lipinski definition) is 0. The molecular formula is C12H16. The Bertz CT molecular complexity index is 233. The third kappa shape index (κ3) is 2.54. The Labute approximate surface area is 74.9 Å². The SMILES string of the molecule is C/C=C/CC(C)c1ccccc1. The first-order valence-corrected chi connectivity index (χ1v) is 4.50. The van der Waals surface area contributed by atoms with Gasteiger partial charge in [-0.15, -0.1) is 0 Å². The van der Waals surface area contributed by atoms with Crippen LogP contribution in [-0.4, -0.2) is 0 Å². The van der Waals surface area contributed by atoms with E-state index in [0.29, 0.717) is 5.92 Å². The zero-order valence-corrected chi connectivity index (χ0v) is 7.83. The molecule has 0 aromatic heterocycles. The van der Waals surface area contributed by atoms with E-state index in [0.717, 1.165) is 6.42 Å². The highest BCUT2D eigenvalue weighted by molar-refractivity contribution is 5.19. The molecule has 0 saturated carbocycles. The largest absolute Gasteiger partial charge is 0.0916 e. The van der Waals surface area contributed by atoms with Crippen molar-refractivity contribution >= 4 is 0 Å². The summed E-state index contributed by atoms with van der Waals surface area (Å²) in [7, 11) is 0. The molecule has 0 aliphatic rings. The number of hydrogen-bond donors (Lipinski definition) is 0. The minimum atomic E-state index is 0.641. The van der Waals surface area contributed by atoms with Crippen molar-refractivity contribution in [1.82, 2.24) is 0 Å². The number of allylic oxidation sites excluding steroid dienone is 2. The lowest BCUT2D eigenvalue weighted by atomic mass is 9.98. The fourth-order valence-electron chi connectivity index (χ4n) is 1.26. The first kappa shape index (κ1) is 9.05. The Morgan fingerprint density at radius 1 is 1.25 bits per heavy atom. The fraction of sp³-hybridized carbons (Fsp3) is 0.333. The van der Waals surface area contributed by atoms with Crippen molar-refractivity contribution in [2.24, 2.45) is 0 Å². The molecule has 0 aliphatic carbocycles. The second kappa shape index (κ2) is 4.76. The standard InChI is InChI=1S/C12H16/c1-3-4-8-11(2)12-9-6-5-7-10-12/h3-7,9-11H,8H2,1-2H3/b4-3+. The summed E-state index contributed by atoms with van der Waals surface area (Å²) in [6.45, 7) is 4.33. The zero-order valence-electron chi connectivity index (χ0n) is 7.83. The van der Waals surface area contributed by atoms with Gasteiger partial charge in [0.05, 0.1) is 0 Å². The highest BCUT2D eigenvalue weighted by atomic mass is 14.1. The topological polar surface area (TPSA) is 0 Å². The van der Waals surface area contributed by atoms with Gasteiger partial charge in [0.15, 0.2) is 0 Å². The molecule has 1 atom stereocenters. The van der Waals surface area contributed by atoms with Gasteiger partial charge in [-0.2, -0.15) is 0 Å². The lowest BCUT2D eigenvalue weighted by Gasteiger charge is -2.07. The molecule has 0 aliphatic heterocycles. The molecule has 1 aromatic carbocycles. The second-order valence-corrected chi connectivity index (χ2v) is 3.12.